The zero-order chi connectivity index (χ0) is 11.6. The van der Waals surface area contributed by atoms with E-state index in [2.05, 4.69) is 4.90 Å². The van der Waals surface area contributed by atoms with Crippen LogP contribution in [-0.4, -0.2) is 62.1 Å². The van der Waals surface area contributed by atoms with E-state index in [1.54, 1.807) is 4.31 Å². The Bertz CT molecular complexity index is 331. The van der Waals surface area contributed by atoms with E-state index in [-0.39, 0.29) is 12.3 Å². The molecule has 0 aromatic heterocycles. The van der Waals surface area contributed by atoms with E-state index in [1.807, 2.05) is 0 Å². The molecule has 6 heteroatoms. The van der Waals surface area contributed by atoms with Gasteiger partial charge in [0.25, 0.3) is 0 Å². The minimum absolute atomic E-state index is 0.0831. The molecule has 0 spiro atoms. The molecule has 1 atom stereocenters. The van der Waals surface area contributed by atoms with Gasteiger partial charge in [0.05, 0.1) is 5.75 Å². The maximum absolute atomic E-state index is 11.9. The second kappa shape index (κ2) is 5.00. The lowest BCUT2D eigenvalue weighted by Crippen LogP contribution is -2.56. The summed E-state index contributed by atoms with van der Waals surface area (Å²) in [7, 11) is -3.10. The quantitative estimate of drug-likeness (QED) is 0.726. The summed E-state index contributed by atoms with van der Waals surface area (Å²) < 4.78 is 25.4. The predicted molar refractivity (Wildman–Crippen MR) is 63.6 cm³/mol. The van der Waals surface area contributed by atoms with Crippen LogP contribution in [0.25, 0.3) is 0 Å². The summed E-state index contributed by atoms with van der Waals surface area (Å²) in [5, 5.41) is 0. The molecule has 5 nitrogen and oxygen atoms in total. The number of hydrogen-bond acceptors (Lipinski definition) is 4. The normalized spacial score (nSPS) is 28.9. The fourth-order valence-electron chi connectivity index (χ4n) is 2.66. The van der Waals surface area contributed by atoms with Gasteiger partial charge < -0.3 is 5.73 Å². The third-order valence-electron chi connectivity index (χ3n) is 3.57. The van der Waals surface area contributed by atoms with E-state index < -0.39 is 10.0 Å². The molecule has 0 bridgehead atoms. The Morgan fingerprint density at radius 1 is 1.19 bits per heavy atom. The summed E-state index contributed by atoms with van der Waals surface area (Å²) in [6.07, 6.45) is 3.62. The number of piperidine rings is 1. The highest BCUT2D eigenvalue weighted by molar-refractivity contribution is 7.89. The van der Waals surface area contributed by atoms with Crippen molar-refractivity contribution in [2.24, 2.45) is 5.73 Å². The number of piperazine rings is 1. The second-order valence-corrected chi connectivity index (χ2v) is 6.74. The maximum Gasteiger partial charge on any atom is 0.215 e. The van der Waals surface area contributed by atoms with E-state index in [0.717, 1.165) is 19.5 Å². The molecule has 0 aromatic rings. The second-order valence-electron chi connectivity index (χ2n) is 4.65. The minimum atomic E-state index is -3.10. The van der Waals surface area contributed by atoms with Crippen LogP contribution in [0.5, 0.6) is 0 Å². The molecule has 0 saturated carbocycles. The van der Waals surface area contributed by atoms with Gasteiger partial charge in [-0.3, -0.25) is 4.90 Å². The molecule has 94 valence electrons. The van der Waals surface area contributed by atoms with Crippen LogP contribution in [0.15, 0.2) is 0 Å². The summed E-state index contributed by atoms with van der Waals surface area (Å²) in [5.41, 5.74) is 5.34. The van der Waals surface area contributed by atoms with Crippen molar-refractivity contribution >= 4 is 10.0 Å². The summed E-state index contributed by atoms with van der Waals surface area (Å²) in [4.78, 5) is 2.43. The SMILES string of the molecule is NCCS(=O)(=O)N1CCN2CCCCC2C1. The molecule has 0 aromatic carbocycles. The number of nitrogens with two attached hydrogens (primary N) is 1. The van der Waals surface area contributed by atoms with Crippen molar-refractivity contribution in [1.82, 2.24) is 9.21 Å². The molecular formula is C10H21N3O2S. The first-order chi connectivity index (χ1) is 7.63. The Labute approximate surface area is 97.6 Å². The van der Waals surface area contributed by atoms with Crippen molar-refractivity contribution in [2.45, 2.75) is 25.3 Å². The van der Waals surface area contributed by atoms with Crippen molar-refractivity contribution in [3.05, 3.63) is 0 Å². The molecule has 2 heterocycles. The molecule has 1 unspecified atom stereocenters. The number of nitrogens with zero attached hydrogens (tertiary/aromatic N) is 2. The third-order valence-corrected chi connectivity index (χ3v) is 5.44. The summed E-state index contributed by atoms with van der Waals surface area (Å²) in [6, 6.07) is 0.440. The Morgan fingerprint density at radius 3 is 2.75 bits per heavy atom. The summed E-state index contributed by atoms with van der Waals surface area (Å²) >= 11 is 0. The topological polar surface area (TPSA) is 66.6 Å². The molecular weight excluding hydrogens is 226 g/mol. The largest absolute Gasteiger partial charge is 0.329 e. The van der Waals surface area contributed by atoms with Crippen molar-refractivity contribution in [2.75, 3.05) is 38.5 Å². The highest BCUT2D eigenvalue weighted by Crippen LogP contribution is 2.22. The van der Waals surface area contributed by atoms with Crippen LogP contribution in [0.1, 0.15) is 19.3 Å². The molecule has 2 N–H and O–H groups in total. The average Bonchev–Trinajstić information content (AvgIpc) is 2.28. The minimum Gasteiger partial charge on any atom is -0.329 e. The van der Waals surface area contributed by atoms with Crippen molar-refractivity contribution in [3.8, 4) is 0 Å². The zero-order valence-corrected chi connectivity index (χ0v) is 10.5. The van der Waals surface area contributed by atoms with Gasteiger partial charge in [0.2, 0.25) is 10.0 Å². The van der Waals surface area contributed by atoms with Crippen LogP contribution < -0.4 is 5.73 Å². The third kappa shape index (κ3) is 2.56. The van der Waals surface area contributed by atoms with Crippen molar-refractivity contribution < 1.29 is 8.42 Å². The fourth-order valence-corrected chi connectivity index (χ4v) is 3.97. The monoisotopic (exact) mass is 247 g/mol. The Morgan fingerprint density at radius 2 is 2.00 bits per heavy atom. The molecule has 16 heavy (non-hydrogen) atoms. The van der Waals surface area contributed by atoms with E-state index in [0.29, 0.717) is 19.1 Å². The van der Waals surface area contributed by atoms with Gasteiger partial charge in [0.1, 0.15) is 0 Å². The van der Waals surface area contributed by atoms with Crippen LogP contribution in [0.4, 0.5) is 0 Å². The average molecular weight is 247 g/mol. The summed E-state index contributed by atoms with van der Waals surface area (Å²) in [6.45, 7) is 3.54. The molecule has 2 rings (SSSR count). The lowest BCUT2D eigenvalue weighted by Gasteiger charge is -2.43. The van der Waals surface area contributed by atoms with E-state index >= 15 is 0 Å². The maximum atomic E-state index is 11.9. The van der Waals surface area contributed by atoms with Crippen molar-refractivity contribution in [3.63, 3.8) is 0 Å². The van der Waals surface area contributed by atoms with Gasteiger partial charge in [-0.1, -0.05) is 6.42 Å². The first-order valence-corrected chi connectivity index (χ1v) is 7.66. The molecule has 2 saturated heterocycles. The van der Waals surface area contributed by atoms with E-state index in [1.165, 1.54) is 12.8 Å². The molecule has 0 amide bonds. The van der Waals surface area contributed by atoms with Gasteiger partial charge >= 0.3 is 0 Å². The van der Waals surface area contributed by atoms with E-state index in [4.69, 9.17) is 5.73 Å². The molecule has 2 aliphatic rings. The molecule has 2 aliphatic heterocycles. The lowest BCUT2D eigenvalue weighted by atomic mass is 10.0. The van der Waals surface area contributed by atoms with Crippen LogP contribution in [-0.2, 0) is 10.0 Å². The fraction of sp³-hybridized carbons (Fsp3) is 1.00. The first kappa shape index (κ1) is 12.3. The van der Waals surface area contributed by atoms with Crippen LogP contribution in [0.3, 0.4) is 0 Å². The van der Waals surface area contributed by atoms with Crippen LogP contribution in [0, 0.1) is 0 Å². The predicted octanol–water partition coefficient (Wildman–Crippen LogP) is -0.555. The molecule has 2 fully saturated rings. The Balaban J connectivity index is 1.99. The highest BCUT2D eigenvalue weighted by Gasteiger charge is 2.33. The smallest absolute Gasteiger partial charge is 0.215 e. The molecule has 0 radical (unpaired) electrons. The first-order valence-electron chi connectivity index (χ1n) is 6.05. The Hall–Kier alpha value is -0.170. The van der Waals surface area contributed by atoms with Crippen LogP contribution in [0.2, 0.25) is 0 Å². The number of rotatable bonds is 3. The van der Waals surface area contributed by atoms with Gasteiger partial charge in [-0.15, -0.1) is 0 Å². The van der Waals surface area contributed by atoms with Crippen LogP contribution >= 0.6 is 0 Å². The summed E-state index contributed by atoms with van der Waals surface area (Å²) in [5.74, 6) is 0.0831. The van der Waals surface area contributed by atoms with Gasteiger partial charge in [0, 0.05) is 32.2 Å². The zero-order valence-electron chi connectivity index (χ0n) is 9.64. The van der Waals surface area contributed by atoms with Gasteiger partial charge in [0.15, 0.2) is 0 Å². The lowest BCUT2D eigenvalue weighted by molar-refractivity contribution is 0.0852. The van der Waals surface area contributed by atoms with Crippen molar-refractivity contribution in [1.29, 1.82) is 0 Å². The number of fused-ring (bicyclic) bond motifs is 1. The standard InChI is InChI=1S/C10H21N3O2S/c11-4-8-16(14,15)13-7-6-12-5-2-1-3-10(12)9-13/h10H,1-9,11H2. The number of hydrogen-bond donors (Lipinski definition) is 1. The number of sulfonamides is 1. The molecule has 0 aliphatic carbocycles. The van der Waals surface area contributed by atoms with Gasteiger partial charge in [-0.05, 0) is 19.4 Å². The van der Waals surface area contributed by atoms with Gasteiger partial charge in [-0.2, -0.15) is 4.31 Å². The van der Waals surface area contributed by atoms with E-state index in [9.17, 15) is 8.42 Å². The highest BCUT2D eigenvalue weighted by atomic mass is 32.2. The van der Waals surface area contributed by atoms with Gasteiger partial charge in [-0.25, -0.2) is 8.42 Å². The Kier molecular flexibility index (Phi) is 3.84.